The van der Waals surface area contributed by atoms with Gasteiger partial charge in [0.25, 0.3) is 0 Å². The van der Waals surface area contributed by atoms with Gasteiger partial charge >= 0.3 is 0 Å². The van der Waals surface area contributed by atoms with E-state index in [1.165, 1.54) is 0 Å². The van der Waals surface area contributed by atoms with E-state index in [-0.39, 0.29) is 11.8 Å². The van der Waals surface area contributed by atoms with E-state index >= 15 is 0 Å². The summed E-state index contributed by atoms with van der Waals surface area (Å²) in [5, 5.41) is 3.36. The Balaban J connectivity index is 1.80. The van der Waals surface area contributed by atoms with Crippen LogP contribution in [0.5, 0.6) is 5.75 Å². The van der Waals surface area contributed by atoms with Crippen LogP contribution in [0.25, 0.3) is 11.0 Å². The number of methoxy groups -OCH3 is 1. The summed E-state index contributed by atoms with van der Waals surface area (Å²) in [4.78, 5) is 18.5. The van der Waals surface area contributed by atoms with Crippen LogP contribution in [0.1, 0.15) is 28.9 Å². The molecule has 1 N–H and O–H groups in total. The molecule has 1 aliphatic rings. The molecule has 5 rings (SSSR count). The Kier molecular flexibility index (Phi) is 4.36. The number of fused-ring (bicyclic) bond motifs is 3. The Morgan fingerprint density at radius 2 is 1.67 bits per heavy atom. The van der Waals surface area contributed by atoms with Gasteiger partial charge in [-0.25, -0.2) is 4.98 Å². The lowest BCUT2D eigenvalue weighted by Gasteiger charge is -2.31. The van der Waals surface area contributed by atoms with Crippen LogP contribution < -0.4 is 10.1 Å². The molecule has 1 aliphatic heterocycles. The van der Waals surface area contributed by atoms with Crippen LogP contribution in [-0.2, 0) is 0 Å². The van der Waals surface area contributed by atoms with E-state index in [2.05, 4.69) is 9.88 Å². The molecule has 0 saturated carbocycles. The lowest BCUT2D eigenvalue weighted by Crippen LogP contribution is -2.28. The van der Waals surface area contributed by atoms with Crippen LogP contribution >= 0.6 is 0 Å². The zero-order valence-corrected chi connectivity index (χ0v) is 16.8. The SMILES string of the molecule is COc1ccccc1[C@@H]1C(C(=O)c2ccccc2)=C(C)Nc2nc3ccccc3n21. The van der Waals surface area contributed by atoms with Gasteiger partial charge < -0.3 is 10.1 Å². The van der Waals surface area contributed by atoms with Crippen molar-refractivity contribution >= 4 is 22.8 Å². The first kappa shape index (κ1) is 18.2. The molecule has 0 aliphatic carbocycles. The summed E-state index contributed by atoms with van der Waals surface area (Å²) in [6.07, 6.45) is 0. The normalized spacial score (nSPS) is 15.6. The maximum atomic E-state index is 13.7. The van der Waals surface area contributed by atoms with Gasteiger partial charge in [0.15, 0.2) is 5.78 Å². The van der Waals surface area contributed by atoms with E-state index in [9.17, 15) is 4.79 Å². The third-order valence-electron chi connectivity index (χ3n) is 5.54. The number of anilines is 1. The molecule has 3 aromatic carbocycles. The second-order valence-electron chi connectivity index (χ2n) is 7.30. The number of hydrogen-bond acceptors (Lipinski definition) is 4. The van der Waals surface area contributed by atoms with Crippen molar-refractivity contribution in [3.8, 4) is 5.75 Å². The predicted molar refractivity (Wildman–Crippen MR) is 118 cm³/mol. The minimum absolute atomic E-state index is 0.0139. The first-order valence-electron chi connectivity index (χ1n) is 9.86. The number of carbonyl (C=O) groups excluding carboxylic acids is 1. The van der Waals surface area contributed by atoms with Gasteiger partial charge in [0.2, 0.25) is 5.95 Å². The van der Waals surface area contributed by atoms with Gasteiger partial charge in [-0.1, -0.05) is 60.7 Å². The average Bonchev–Trinajstić information content (AvgIpc) is 3.16. The molecule has 0 fully saturated rings. The fraction of sp³-hybridized carbons (Fsp3) is 0.120. The van der Waals surface area contributed by atoms with Gasteiger partial charge in [0, 0.05) is 22.4 Å². The largest absolute Gasteiger partial charge is 0.496 e. The van der Waals surface area contributed by atoms with Crippen LogP contribution in [0.3, 0.4) is 0 Å². The highest BCUT2D eigenvalue weighted by atomic mass is 16.5. The topological polar surface area (TPSA) is 56.1 Å². The predicted octanol–water partition coefficient (Wildman–Crippen LogP) is 5.22. The number of nitrogens with one attached hydrogen (secondary N) is 1. The summed E-state index contributed by atoms with van der Waals surface area (Å²) in [5.74, 6) is 1.44. The Hall–Kier alpha value is -3.86. The lowest BCUT2D eigenvalue weighted by molar-refractivity contribution is 0.102. The van der Waals surface area contributed by atoms with Crippen molar-refractivity contribution in [3.05, 3.63) is 101 Å². The molecule has 0 bridgehead atoms. The number of ketones is 1. The molecule has 4 aromatic rings. The number of rotatable bonds is 4. The Morgan fingerprint density at radius 1 is 0.967 bits per heavy atom. The monoisotopic (exact) mass is 395 g/mol. The maximum Gasteiger partial charge on any atom is 0.209 e. The molecule has 5 nitrogen and oxygen atoms in total. The van der Waals surface area contributed by atoms with Crippen molar-refractivity contribution in [1.29, 1.82) is 0 Å². The number of aromatic nitrogens is 2. The van der Waals surface area contributed by atoms with Gasteiger partial charge in [-0.3, -0.25) is 9.36 Å². The molecule has 5 heteroatoms. The molecule has 30 heavy (non-hydrogen) atoms. The summed E-state index contributed by atoms with van der Waals surface area (Å²) in [7, 11) is 1.65. The van der Waals surface area contributed by atoms with Gasteiger partial charge in [-0.05, 0) is 25.1 Å². The van der Waals surface area contributed by atoms with Crippen molar-refractivity contribution in [3.63, 3.8) is 0 Å². The zero-order chi connectivity index (χ0) is 20.7. The smallest absolute Gasteiger partial charge is 0.209 e. The number of benzene rings is 3. The molecular weight excluding hydrogens is 374 g/mol. The van der Waals surface area contributed by atoms with E-state index in [1.807, 2.05) is 85.8 Å². The van der Waals surface area contributed by atoms with Crippen LogP contribution in [0.15, 0.2) is 90.1 Å². The number of para-hydroxylation sites is 3. The third kappa shape index (κ3) is 2.78. The fourth-order valence-electron chi connectivity index (χ4n) is 4.19. The molecule has 148 valence electrons. The van der Waals surface area contributed by atoms with Crippen LogP contribution in [0, 0.1) is 0 Å². The van der Waals surface area contributed by atoms with Crippen molar-refractivity contribution < 1.29 is 9.53 Å². The number of Topliss-reactive ketones (excluding diaryl/α,β-unsaturated/α-hetero) is 1. The molecule has 0 unspecified atom stereocenters. The van der Waals surface area contributed by atoms with E-state index in [1.54, 1.807) is 7.11 Å². The van der Waals surface area contributed by atoms with E-state index < -0.39 is 0 Å². The molecule has 2 heterocycles. The van der Waals surface area contributed by atoms with Crippen molar-refractivity contribution in [1.82, 2.24) is 9.55 Å². The minimum atomic E-state index is -0.363. The highest BCUT2D eigenvalue weighted by molar-refractivity contribution is 6.11. The molecular formula is C25H21N3O2. The lowest BCUT2D eigenvalue weighted by atomic mass is 9.89. The first-order chi connectivity index (χ1) is 14.7. The quantitative estimate of drug-likeness (QED) is 0.482. The number of ether oxygens (including phenoxy) is 1. The maximum absolute atomic E-state index is 13.7. The van der Waals surface area contributed by atoms with E-state index in [4.69, 9.17) is 9.72 Å². The van der Waals surface area contributed by atoms with Gasteiger partial charge in [-0.2, -0.15) is 0 Å². The van der Waals surface area contributed by atoms with Gasteiger partial charge in [0.05, 0.1) is 24.2 Å². The number of hydrogen-bond donors (Lipinski definition) is 1. The molecule has 0 spiro atoms. The number of carbonyl (C=O) groups is 1. The molecule has 0 saturated heterocycles. The average molecular weight is 395 g/mol. The number of allylic oxidation sites excluding steroid dienone is 2. The zero-order valence-electron chi connectivity index (χ0n) is 16.8. The highest BCUT2D eigenvalue weighted by Gasteiger charge is 2.35. The van der Waals surface area contributed by atoms with Crippen LogP contribution in [0.4, 0.5) is 5.95 Å². The Morgan fingerprint density at radius 3 is 2.47 bits per heavy atom. The van der Waals surface area contributed by atoms with Gasteiger partial charge in [-0.15, -0.1) is 0 Å². The van der Waals surface area contributed by atoms with Crippen molar-refractivity contribution in [2.75, 3.05) is 12.4 Å². The molecule has 1 aromatic heterocycles. The molecule has 0 radical (unpaired) electrons. The number of nitrogens with zero attached hydrogens (tertiary/aromatic N) is 2. The van der Waals surface area contributed by atoms with Crippen LogP contribution in [-0.4, -0.2) is 22.4 Å². The second-order valence-corrected chi connectivity index (χ2v) is 7.30. The highest BCUT2D eigenvalue weighted by Crippen LogP contribution is 2.42. The number of imidazole rings is 1. The standard InChI is InChI=1S/C25H21N3O2/c1-16-22(24(29)17-10-4-3-5-11-17)23(18-12-6-9-15-21(18)30-2)28-20-14-8-7-13-19(20)27-25(28)26-16/h3-15,23H,1-2H3,(H,26,27)/t23-/m1/s1. The van der Waals surface area contributed by atoms with E-state index in [0.29, 0.717) is 17.1 Å². The molecule has 1 atom stereocenters. The Bertz CT molecular complexity index is 1290. The molecule has 0 amide bonds. The van der Waals surface area contributed by atoms with E-state index in [0.717, 1.165) is 28.0 Å². The summed E-state index contributed by atoms with van der Waals surface area (Å²) in [6.45, 7) is 1.93. The third-order valence-corrected chi connectivity index (χ3v) is 5.54. The first-order valence-corrected chi connectivity index (χ1v) is 9.86. The summed E-state index contributed by atoms with van der Waals surface area (Å²) >= 11 is 0. The minimum Gasteiger partial charge on any atom is -0.496 e. The summed E-state index contributed by atoms with van der Waals surface area (Å²) in [6, 6.07) is 24.8. The summed E-state index contributed by atoms with van der Waals surface area (Å²) < 4.78 is 7.78. The van der Waals surface area contributed by atoms with Crippen molar-refractivity contribution in [2.24, 2.45) is 0 Å². The van der Waals surface area contributed by atoms with Crippen molar-refractivity contribution in [2.45, 2.75) is 13.0 Å². The summed E-state index contributed by atoms with van der Waals surface area (Å²) in [5.41, 5.74) is 4.89. The van der Waals surface area contributed by atoms with Crippen LogP contribution in [0.2, 0.25) is 0 Å². The fourth-order valence-corrected chi connectivity index (χ4v) is 4.19. The Labute approximate surface area is 174 Å². The van der Waals surface area contributed by atoms with Gasteiger partial charge in [0.1, 0.15) is 5.75 Å². The second kappa shape index (κ2) is 7.19.